The van der Waals surface area contributed by atoms with Crippen molar-refractivity contribution >= 4 is 11.8 Å². The molecule has 0 aromatic rings. The third-order valence-corrected chi connectivity index (χ3v) is 4.46. The number of carbonyl (C=O) groups is 2. The van der Waals surface area contributed by atoms with Gasteiger partial charge in [-0.3, -0.25) is 14.9 Å². The van der Waals surface area contributed by atoms with E-state index < -0.39 is 0 Å². The zero-order valence-corrected chi connectivity index (χ0v) is 10.6. The predicted octanol–water partition coefficient (Wildman–Crippen LogP) is 1.63. The lowest BCUT2D eigenvalue weighted by molar-refractivity contribution is -0.157. The van der Waals surface area contributed by atoms with E-state index in [9.17, 15) is 9.59 Å². The maximum atomic E-state index is 12.0. The van der Waals surface area contributed by atoms with Gasteiger partial charge in [0.25, 0.3) is 0 Å². The van der Waals surface area contributed by atoms with Crippen LogP contribution in [0.3, 0.4) is 0 Å². The first-order valence-corrected chi connectivity index (χ1v) is 6.50. The molecule has 4 heteroatoms. The Kier molecular flexibility index (Phi) is 3.52. The van der Waals surface area contributed by atoms with Crippen LogP contribution in [0.2, 0.25) is 0 Å². The normalized spacial score (nSPS) is 38.2. The van der Waals surface area contributed by atoms with Crippen LogP contribution >= 0.6 is 0 Å². The highest BCUT2D eigenvalue weighted by molar-refractivity contribution is 5.99. The van der Waals surface area contributed by atoms with Crippen LogP contribution in [-0.2, 0) is 14.3 Å². The van der Waals surface area contributed by atoms with E-state index >= 15 is 0 Å². The average molecular weight is 239 g/mol. The molecule has 0 radical (unpaired) electrons. The number of carbonyl (C=O) groups excluding carboxylic acids is 2. The highest BCUT2D eigenvalue weighted by atomic mass is 16.5. The molecule has 1 saturated heterocycles. The second kappa shape index (κ2) is 4.77. The fraction of sp³-hybridized carbons (Fsp3) is 0.846. The van der Waals surface area contributed by atoms with Gasteiger partial charge in [-0.25, -0.2) is 0 Å². The number of hydrogen-bond acceptors (Lipinski definition) is 3. The fourth-order valence-electron chi connectivity index (χ4n) is 3.73. The van der Waals surface area contributed by atoms with Crippen molar-refractivity contribution in [3.8, 4) is 0 Å². The first-order valence-electron chi connectivity index (χ1n) is 6.50. The molecule has 3 unspecified atom stereocenters. The lowest BCUT2D eigenvalue weighted by atomic mass is 9.59. The minimum Gasteiger partial charge on any atom is -0.381 e. The molecular formula is C13H21NO3. The van der Waals surface area contributed by atoms with Crippen molar-refractivity contribution in [1.82, 2.24) is 5.32 Å². The first-order chi connectivity index (χ1) is 8.14. The van der Waals surface area contributed by atoms with Crippen LogP contribution in [0.5, 0.6) is 0 Å². The van der Waals surface area contributed by atoms with Crippen LogP contribution in [0.25, 0.3) is 0 Å². The molecule has 96 valence electrons. The number of piperidine rings is 1. The van der Waals surface area contributed by atoms with Crippen LogP contribution in [0.1, 0.15) is 45.4 Å². The molecule has 0 aromatic carbocycles. The Hall–Kier alpha value is -0.900. The zero-order chi connectivity index (χ0) is 12.5. The standard InChI is InChI=1S/C13H21NO3/c1-3-9-12(16)14-11(15)8-13(9)7-5-4-6-10(13)17-2/h9-10H,3-8H2,1-2H3,(H,14,15,16). The van der Waals surface area contributed by atoms with Crippen molar-refractivity contribution in [1.29, 1.82) is 0 Å². The first kappa shape index (κ1) is 12.6. The van der Waals surface area contributed by atoms with Gasteiger partial charge in [0.2, 0.25) is 11.8 Å². The van der Waals surface area contributed by atoms with Crippen LogP contribution in [0.4, 0.5) is 0 Å². The van der Waals surface area contributed by atoms with Crippen molar-refractivity contribution in [2.24, 2.45) is 11.3 Å². The zero-order valence-electron chi connectivity index (χ0n) is 10.6. The smallest absolute Gasteiger partial charge is 0.230 e. The quantitative estimate of drug-likeness (QED) is 0.745. The van der Waals surface area contributed by atoms with Crippen LogP contribution in [-0.4, -0.2) is 25.0 Å². The van der Waals surface area contributed by atoms with Crippen LogP contribution in [0.15, 0.2) is 0 Å². The fourth-order valence-corrected chi connectivity index (χ4v) is 3.73. The Labute approximate surface area is 102 Å². The van der Waals surface area contributed by atoms with Gasteiger partial charge < -0.3 is 4.74 Å². The molecule has 17 heavy (non-hydrogen) atoms. The van der Waals surface area contributed by atoms with Gasteiger partial charge in [-0.1, -0.05) is 19.8 Å². The topological polar surface area (TPSA) is 55.4 Å². The summed E-state index contributed by atoms with van der Waals surface area (Å²) < 4.78 is 5.58. The van der Waals surface area contributed by atoms with Crippen molar-refractivity contribution < 1.29 is 14.3 Å². The van der Waals surface area contributed by atoms with Crippen LogP contribution < -0.4 is 5.32 Å². The molecule has 1 spiro atoms. The molecule has 1 N–H and O–H groups in total. The second-order valence-corrected chi connectivity index (χ2v) is 5.25. The molecule has 4 nitrogen and oxygen atoms in total. The van der Waals surface area contributed by atoms with E-state index in [-0.39, 0.29) is 29.3 Å². The van der Waals surface area contributed by atoms with Gasteiger partial charge in [-0.15, -0.1) is 0 Å². The Bertz CT molecular complexity index is 329. The molecule has 3 atom stereocenters. The molecule has 0 aromatic heterocycles. The summed E-state index contributed by atoms with van der Waals surface area (Å²) in [7, 11) is 1.70. The molecule has 2 fully saturated rings. The van der Waals surface area contributed by atoms with E-state index in [1.807, 2.05) is 6.92 Å². The van der Waals surface area contributed by atoms with Crippen molar-refractivity contribution in [2.45, 2.75) is 51.6 Å². The van der Waals surface area contributed by atoms with Crippen molar-refractivity contribution in [2.75, 3.05) is 7.11 Å². The summed E-state index contributed by atoms with van der Waals surface area (Å²) in [6.07, 6.45) is 5.39. The largest absolute Gasteiger partial charge is 0.381 e. The van der Waals surface area contributed by atoms with E-state index in [0.717, 1.165) is 32.1 Å². The number of imide groups is 1. The number of hydrogen-bond donors (Lipinski definition) is 1. The summed E-state index contributed by atoms with van der Waals surface area (Å²) in [6, 6.07) is 0. The number of amides is 2. The number of rotatable bonds is 2. The average Bonchev–Trinajstić information content (AvgIpc) is 2.29. The molecule has 1 aliphatic heterocycles. The van der Waals surface area contributed by atoms with Gasteiger partial charge >= 0.3 is 0 Å². The van der Waals surface area contributed by atoms with Crippen LogP contribution in [0, 0.1) is 11.3 Å². The molecular weight excluding hydrogens is 218 g/mol. The Morgan fingerprint density at radius 3 is 2.82 bits per heavy atom. The third-order valence-electron chi connectivity index (χ3n) is 4.46. The van der Waals surface area contributed by atoms with E-state index in [4.69, 9.17) is 4.74 Å². The monoisotopic (exact) mass is 239 g/mol. The summed E-state index contributed by atoms with van der Waals surface area (Å²) in [5.41, 5.74) is -0.249. The summed E-state index contributed by atoms with van der Waals surface area (Å²) in [4.78, 5) is 23.7. The Morgan fingerprint density at radius 1 is 1.41 bits per heavy atom. The number of ether oxygens (including phenoxy) is 1. The molecule has 0 bridgehead atoms. The maximum absolute atomic E-state index is 12.0. The van der Waals surface area contributed by atoms with Crippen molar-refractivity contribution in [3.63, 3.8) is 0 Å². The minimum absolute atomic E-state index is 0.0520. The second-order valence-electron chi connectivity index (χ2n) is 5.25. The predicted molar refractivity (Wildman–Crippen MR) is 63.2 cm³/mol. The van der Waals surface area contributed by atoms with E-state index in [1.54, 1.807) is 7.11 Å². The summed E-state index contributed by atoms with van der Waals surface area (Å²) in [5, 5.41) is 2.46. The van der Waals surface area contributed by atoms with Crippen molar-refractivity contribution in [3.05, 3.63) is 0 Å². The van der Waals surface area contributed by atoms with Gasteiger partial charge in [0, 0.05) is 24.9 Å². The number of nitrogens with one attached hydrogen (secondary N) is 1. The number of methoxy groups -OCH3 is 1. The highest BCUT2D eigenvalue weighted by Gasteiger charge is 2.53. The summed E-state index contributed by atoms with van der Waals surface area (Å²) in [6.45, 7) is 2.02. The maximum Gasteiger partial charge on any atom is 0.230 e. The lowest BCUT2D eigenvalue weighted by Gasteiger charge is -2.49. The molecule has 1 aliphatic carbocycles. The third kappa shape index (κ3) is 1.99. The van der Waals surface area contributed by atoms with Gasteiger partial charge in [0.05, 0.1) is 6.10 Å². The van der Waals surface area contributed by atoms with Gasteiger partial charge in [0.15, 0.2) is 0 Å². The lowest BCUT2D eigenvalue weighted by Crippen LogP contribution is -2.58. The highest BCUT2D eigenvalue weighted by Crippen LogP contribution is 2.49. The molecule has 1 saturated carbocycles. The molecule has 2 rings (SSSR count). The van der Waals surface area contributed by atoms with E-state index in [0.29, 0.717) is 6.42 Å². The van der Waals surface area contributed by atoms with Gasteiger partial charge in [-0.2, -0.15) is 0 Å². The SMILES string of the molecule is CCC1C(=O)NC(=O)CC12CCCCC2OC. The van der Waals surface area contributed by atoms with E-state index in [2.05, 4.69) is 5.32 Å². The Balaban J connectivity index is 2.34. The molecule has 1 heterocycles. The Morgan fingerprint density at radius 2 is 2.18 bits per heavy atom. The summed E-state index contributed by atoms with van der Waals surface area (Å²) >= 11 is 0. The molecule has 2 aliphatic rings. The minimum atomic E-state index is -0.249. The van der Waals surface area contributed by atoms with E-state index in [1.165, 1.54) is 0 Å². The summed E-state index contributed by atoms with van der Waals surface area (Å²) in [5.74, 6) is -0.318. The molecule has 2 amide bonds. The van der Waals surface area contributed by atoms with Gasteiger partial charge in [-0.05, 0) is 19.3 Å². The van der Waals surface area contributed by atoms with Gasteiger partial charge in [0.1, 0.15) is 0 Å².